The van der Waals surface area contributed by atoms with Crippen LogP contribution < -0.4 is 0 Å². The Morgan fingerprint density at radius 3 is 1.92 bits per heavy atom. The molecule has 0 unspecified atom stereocenters. The number of carbonyl (C=O) groups excluding carboxylic acids is 1. The predicted octanol–water partition coefficient (Wildman–Crippen LogP) is 1.76. The molecule has 0 aliphatic heterocycles. The molecule has 0 atom stereocenters. The number of hydrogen-bond donors (Lipinski definition) is 0. The molecule has 0 heterocycles. The molecule has 0 spiro atoms. The maximum Gasteiger partial charge on any atom is 0.226 e. The van der Waals surface area contributed by atoms with Gasteiger partial charge in [-0.2, -0.15) is 0 Å². The van der Waals surface area contributed by atoms with Crippen molar-refractivity contribution in [3.8, 4) is 0 Å². The van der Waals surface area contributed by atoms with E-state index in [1.165, 1.54) is 0 Å². The lowest BCUT2D eigenvalue weighted by Crippen LogP contribution is -2.30. The van der Waals surface area contributed by atoms with Gasteiger partial charge in [-0.15, -0.1) is 19.7 Å². The lowest BCUT2D eigenvalue weighted by atomic mass is 10.3. The molecule has 0 N–H and O–H groups in total. The van der Waals surface area contributed by atoms with Crippen LogP contribution in [0, 0.1) is 0 Å². The highest BCUT2D eigenvalue weighted by Crippen LogP contribution is 1.95. The van der Waals surface area contributed by atoms with Crippen LogP contribution in [0.5, 0.6) is 0 Å². The monoisotopic (exact) mass is 165 g/mol. The average molecular weight is 165 g/mol. The van der Waals surface area contributed by atoms with Crippen LogP contribution in [0.1, 0.15) is 6.42 Å². The average Bonchev–Trinajstić information content (AvgIpc) is 2.04. The molecule has 0 aliphatic rings. The minimum atomic E-state index is 0.0600. The Morgan fingerprint density at radius 1 is 1.08 bits per heavy atom. The van der Waals surface area contributed by atoms with E-state index in [2.05, 4.69) is 19.7 Å². The topological polar surface area (TPSA) is 20.3 Å². The van der Waals surface area contributed by atoms with Gasteiger partial charge in [0.1, 0.15) is 0 Å². The van der Waals surface area contributed by atoms with Gasteiger partial charge in [-0.1, -0.05) is 18.2 Å². The van der Waals surface area contributed by atoms with Gasteiger partial charge < -0.3 is 4.90 Å². The molecule has 66 valence electrons. The Morgan fingerprint density at radius 2 is 1.58 bits per heavy atom. The van der Waals surface area contributed by atoms with E-state index in [1.54, 1.807) is 23.1 Å². The van der Waals surface area contributed by atoms with E-state index in [0.717, 1.165) is 0 Å². The first-order valence-corrected chi connectivity index (χ1v) is 3.86. The Labute approximate surface area is 73.9 Å². The van der Waals surface area contributed by atoms with E-state index < -0.39 is 0 Å². The largest absolute Gasteiger partial charge is 0.335 e. The van der Waals surface area contributed by atoms with Crippen molar-refractivity contribution in [3.05, 3.63) is 38.0 Å². The van der Waals surface area contributed by atoms with Gasteiger partial charge in [0.2, 0.25) is 5.91 Å². The Hall–Kier alpha value is -1.31. The molecule has 0 aromatic rings. The molecule has 12 heavy (non-hydrogen) atoms. The van der Waals surface area contributed by atoms with Crippen molar-refractivity contribution < 1.29 is 4.79 Å². The third kappa shape index (κ3) is 3.76. The maximum absolute atomic E-state index is 11.3. The van der Waals surface area contributed by atoms with Gasteiger partial charge in [-0.25, -0.2) is 0 Å². The van der Waals surface area contributed by atoms with Crippen LogP contribution in [0.2, 0.25) is 0 Å². The summed E-state index contributed by atoms with van der Waals surface area (Å²) in [6.07, 6.45) is 5.37. The SMILES string of the molecule is C=CCC(=O)N(CC=C)CC=C. The molecule has 0 radical (unpaired) electrons. The van der Waals surface area contributed by atoms with Gasteiger partial charge >= 0.3 is 0 Å². The van der Waals surface area contributed by atoms with E-state index in [0.29, 0.717) is 19.5 Å². The Bertz CT molecular complexity index is 174. The molecule has 0 bridgehead atoms. The zero-order valence-electron chi connectivity index (χ0n) is 7.33. The second kappa shape index (κ2) is 6.40. The summed E-state index contributed by atoms with van der Waals surface area (Å²) in [5.74, 6) is 0.0600. The second-order valence-electron chi connectivity index (χ2n) is 2.37. The lowest BCUT2D eigenvalue weighted by molar-refractivity contribution is -0.129. The maximum atomic E-state index is 11.3. The van der Waals surface area contributed by atoms with Crippen LogP contribution >= 0.6 is 0 Å². The summed E-state index contributed by atoms with van der Waals surface area (Å²) in [7, 11) is 0. The highest BCUT2D eigenvalue weighted by atomic mass is 16.2. The first-order chi connectivity index (χ1) is 5.76. The number of carbonyl (C=O) groups is 1. The third-order valence-corrected chi connectivity index (χ3v) is 1.37. The normalized spacial score (nSPS) is 8.67. The van der Waals surface area contributed by atoms with E-state index in [9.17, 15) is 4.79 Å². The zero-order valence-corrected chi connectivity index (χ0v) is 7.33. The summed E-state index contributed by atoms with van der Waals surface area (Å²) < 4.78 is 0. The smallest absolute Gasteiger partial charge is 0.226 e. The van der Waals surface area contributed by atoms with Crippen LogP contribution in [0.3, 0.4) is 0 Å². The summed E-state index contributed by atoms with van der Waals surface area (Å²) in [5, 5.41) is 0. The van der Waals surface area contributed by atoms with Crippen molar-refractivity contribution in [2.45, 2.75) is 6.42 Å². The van der Waals surface area contributed by atoms with Crippen LogP contribution in [-0.2, 0) is 4.79 Å². The van der Waals surface area contributed by atoms with Crippen molar-refractivity contribution in [2.24, 2.45) is 0 Å². The minimum absolute atomic E-state index is 0.0600. The molecule has 2 nitrogen and oxygen atoms in total. The fourth-order valence-corrected chi connectivity index (χ4v) is 0.842. The van der Waals surface area contributed by atoms with Crippen LogP contribution in [-0.4, -0.2) is 23.9 Å². The summed E-state index contributed by atoms with van der Waals surface area (Å²) in [4.78, 5) is 13.0. The predicted molar refractivity (Wildman–Crippen MR) is 51.8 cm³/mol. The Kier molecular flexibility index (Phi) is 5.70. The highest BCUT2D eigenvalue weighted by molar-refractivity contribution is 5.77. The van der Waals surface area contributed by atoms with Gasteiger partial charge in [0.15, 0.2) is 0 Å². The molecular formula is C10H15NO. The summed E-state index contributed by atoms with van der Waals surface area (Å²) in [6.45, 7) is 11.8. The molecule has 0 saturated carbocycles. The van der Waals surface area contributed by atoms with Crippen molar-refractivity contribution in [2.75, 3.05) is 13.1 Å². The third-order valence-electron chi connectivity index (χ3n) is 1.37. The van der Waals surface area contributed by atoms with E-state index >= 15 is 0 Å². The molecule has 2 heteroatoms. The fraction of sp³-hybridized carbons (Fsp3) is 0.300. The van der Waals surface area contributed by atoms with E-state index in [4.69, 9.17) is 0 Å². The van der Waals surface area contributed by atoms with Crippen molar-refractivity contribution in [1.82, 2.24) is 4.90 Å². The molecule has 1 amide bonds. The molecule has 0 aromatic carbocycles. The van der Waals surface area contributed by atoms with Crippen molar-refractivity contribution >= 4 is 5.91 Å². The van der Waals surface area contributed by atoms with Gasteiger partial charge in [-0.05, 0) is 0 Å². The number of rotatable bonds is 6. The van der Waals surface area contributed by atoms with E-state index in [1.807, 2.05) is 0 Å². The zero-order chi connectivity index (χ0) is 9.40. The lowest BCUT2D eigenvalue weighted by Gasteiger charge is -2.17. The van der Waals surface area contributed by atoms with E-state index in [-0.39, 0.29) is 5.91 Å². The minimum Gasteiger partial charge on any atom is -0.335 e. The van der Waals surface area contributed by atoms with Crippen LogP contribution in [0.25, 0.3) is 0 Å². The van der Waals surface area contributed by atoms with Gasteiger partial charge in [-0.3, -0.25) is 4.79 Å². The van der Waals surface area contributed by atoms with Crippen LogP contribution in [0.15, 0.2) is 38.0 Å². The van der Waals surface area contributed by atoms with Gasteiger partial charge in [0, 0.05) is 19.5 Å². The molecule has 0 aliphatic carbocycles. The van der Waals surface area contributed by atoms with Gasteiger partial charge in [0.25, 0.3) is 0 Å². The summed E-state index contributed by atoms with van der Waals surface area (Å²) in [5.41, 5.74) is 0. The summed E-state index contributed by atoms with van der Waals surface area (Å²) >= 11 is 0. The molecular weight excluding hydrogens is 150 g/mol. The Balaban J connectivity index is 4.06. The quantitative estimate of drug-likeness (QED) is 0.549. The fourth-order valence-electron chi connectivity index (χ4n) is 0.842. The number of nitrogens with zero attached hydrogens (tertiary/aromatic N) is 1. The van der Waals surface area contributed by atoms with Crippen LogP contribution in [0.4, 0.5) is 0 Å². The highest BCUT2D eigenvalue weighted by Gasteiger charge is 2.06. The van der Waals surface area contributed by atoms with Crippen molar-refractivity contribution in [1.29, 1.82) is 0 Å². The standard InChI is InChI=1S/C10H15NO/c1-4-7-10(12)11(8-5-2)9-6-3/h4-6H,1-3,7-9H2. The first-order valence-electron chi connectivity index (χ1n) is 3.86. The second-order valence-corrected chi connectivity index (χ2v) is 2.37. The molecule has 0 aromatic heterocycles. The summed E-state index contributed by atoms with van der Waals surface area (Å²) in [6, 6.07) is 0. The number of hydrogen-bond acceptors (Lipinski definition) is 1. The first kappa shape index (κ1) is 10.7. The molecule has 0 rings (SSSR count). The number of amides is 1. The molecule has 0 saturated heterocycles. The van der Waals surface area contributed by atoms with Gasteiger partial charge in [0.05, 0.1) is 0 Å². The van der Waals surface area contributed by atoms with Crippen molar-refractivity contribution in [3.63, 3.8) is 0 Å². The molecule has 0 fully saturated rings.